The first kappa shape index (κ1) is 11.0. The Balaban J connectivity index is 2.44. The zero-order valence-electron chi connectivity index (χ0n) is 9.47. The van der Waals surface area contributed by atoms with Crippen molar-refractivity contribution in [2.24, 2.45) is 11.8 Å². The van der Waals surface area contributed by atoms with Crippen LogP contribution in [0.25, 0.3) is 0 Å². The van der Waals surface area contributed by atoms with Crippen LogP contribution in [0.3, 0.4) is 0 Å². The van der Waals surface area contributed by atoms with Crippen molar-refractivity contribution in [1.82, 2.24) is 5.32 Å². The summed E-state index contributed by atoms with van der Waals surface area (Å²) in [4.78, 5) is 0. The van der Waals surface area contributed by atoms with Gasteiger partial charge in [0.1, 0.15) is 0 Å². The molecule has 1 nitrogen and oxygen atoms in total. The van der Waals surface area contributed by atoms with Gasteiger partial charge < -0.3 is 5.32 Å². The van der Waals surface area contributed by atoms with Crippen LogP contribution in [-0.4, -0.2) is 12.6 Å². The van der Waals surface area contributed by atoms with Crippen molar-refractivity contribution >= 4 is 0 Å². The molecule has 0 spiro atoms. The van der Waals surface area contributed by atoms with E-state index in [0.717, 1.165) is 24.4 Å². The normalized spacial score (nSPS) is 31.6. The molecule has 0 aromatic rings. The van der Waals surface area contributed by atoms with E-state index in [-0.39, 0.29) is 0 Å². The van der Waals surface area contributed by atoms with Crippen molar-refractivity contribution in [1.29, 1.82) is 0 Å². The molecule has 1 fully saturated rings. The first-order chi connectivity index (χ1) is 6.29. The van der Waals surface area contributed by atoms with E-state index in [9.17, 15) is 0 Å². The first-order valence-corrected chi connectivity index (χ1v) is 6.03. The highest BCUT2D eigenvalue weighted by Crippen LogP contribution is 2.32. The van der Waals surface area contributed by atoms with Gasteiger partial charge in [-0.05, 0) is 31.2 Å². The number of nitrogens with one attached hydrogen (secondary N) is 1. The standard InChI is InChI=1S/C12H25N/c1-4-12(13-5-2)11-9-7-6-8-10(11)3/h10-13H,4-9H2,1-3H3. The van der Waals surface area contributed by atoms with Crippen LogP contribution in [-0.2, 0) is 0 Å². The lowest BCUT2D eigenvalue weighted by molar-refractivity contribution is 0.192. The van der Waals surface area contributed by atoms with Crippen molar-refractivity contribution in [2.75, 3.05) is 6.54 Å². The van der Waals surface area contributed by atoms with Gasteiger partial charge in [0.2, 0.25) is 0 Å². The fourth-order valence-electron chi connectivity index (χ4n) is 2.80. The van der Waals surface area contributed by atoms with Gasteiger partial charge in [-0.25, -0.2) is 0 Å². The van der Waals surface area contributed by atoms with Gasteiger partial charge in [-0.2, -0.15) is 0 Å². The zero-order valence-corrected chi connectivity index (χ0v) is 9.47. The van der Waals surface area contributed by atoms with Crippen LogP contribution in [0.15, 0.2) is 0 Å². The van der Waals surface area contributed by atoms with Gasteiger partial charge >= 0.3 is 0 Å². The molecule has 3 atom stereocenters. The van der Waals surface area contributed by atoms with Crippen LogP contribution in [0.2, 0.25) is 0 Å². The minimum absolute atomic E-state index is 0.778. The van der Waals surface area contributed by atoms with Gasteiger partial charge in [-0.3, -0.25) is 0 Å². The van der Waals surface area contributed by atoms with Crippen LogP contribution >= 0.6 is 0 Å². The lowest BCUT2D eigenvalue weighted by atomic mass is 9.75. The predicted molar refractivity (Wildman–Crippen MR) is 58.9 cm³/mol. The molecule has 0 amide bonds. The van der Waals surface area contributed by atoms with Crippen LogP contribution < -0.4 is 5.32 Å². The van der Waals surface area contributed by atoms with Gasteiger partial charge in [0.05, 0.1) is 0 Å². The van der Waals surface area contributed by atoms with Crippen molar-refractivity contribution in [3.05, 3.63) is 0 Å². The first-order valence-electron chi connectivity index (χ1n) is 6.03. The second-order valence-electron chi connectivity index (χ2n) is 4.50. The molecule has 1 N–H and O–H groups in total. The molecule has 13 heavy (non-hydrogen) atoms. The van der Waals surface area contributed by atoms with Crippen molar-refractivity contribution < 1.29 is 0 Å². The Morgan fingerprint density at radius 2 is 1.92 bits per heavy atom. The van der Waals surface area contributed by atoms with Crippen LogP contribution in [0, 0.1) is 11.8 Å². The van der Waals surface area contributed by atoms with Gasteiger partial charge in [0.25, 0.3) is 0 Å². The van der Waals surface area contributed by atoms with Crippen LogP contribution in [0.4, 0.5) is 0 Å². The average molecular weight is 183 g/mol. The molecular formula is C12H25N. The van der Waals surface area contributed by atoms with E-state index in [4.69, 9.17) is 0 Å². The van der Waals surface area contributed by atoms with Crippen LogP contribution in [0.1, 0.15) is 52.9 Å². The lowest BCUT2D eigenvalue weighted by Gasteiger charge is -2.35. The minimum Gasteiger partial charge on any atom is -0.314 e. The maximum absolute atomic E-state index is 3.63. The fourth-order valence-corrected chi connectivity index (χ4v) is 2.80. The van der Waals surface area contributed by atoms with E-state index in [1.807, 2.05) is 0 Å². The minimum atomic E-state index is 0.778. The third kappa shape index (κ3) is 2.98. The molecule has 1 saturated carbocycles. The third-order valence-electron chi connectivity index (χ3n) is 3.60. The summed E-state index contributed by atoms with van der Waals surface area (Å²) in [6.07, 6.45) is 7.11. The Bertz CT molecular complexity index is 133. The SMILES string of the molecule is CCNC(CC)C1CCCCC1C. The molecular weight excluding hydrogens is 158 g/mol. The smallest absolute Gasteiger partial charge is 0.00951 e. The van der Waals surface area contributed by atoms with E-state index < -0.39 is 0 Å². The van der Waals surface area contributed by atoms with E-state index >= 15 is 0 Å². The highest BCUT2D eigenvalue weighted by Gasteiger charge is 2.27. The summed E-state index contributed by atoms with van der Waals surface area (Å²) in [5, 5.41) is 3.63. The largest absolute Gasteiger partial charge is 0.314 e. The second-order valence-corrected chi connectivity index (χ2v) is 4.50. The lowest BCUT2D eigenvalue weighted by Crippen LogP contribution is -2.39. The van der Waals surface area contributed by atoms with E-state index in [1.54, 1.807) is 0 Å². The number of rotatable bonds is 4. The van der Waals surface area contributed by atoms with Gasteiger partial charge in [0.15, 0.2) is 0 Å². The van der Waals surface area contributed by atoms with E-state index in [2.05, 4.69) is 26.1 Å². The molecule has 0 aromatic carbocycles. The molecule has 0 saturated heterocycles. The molecule has 0 aliphatic heterocycles. The fraction of sp³-hybridized carbons (Fsp3) is 1.00. The van der Waals surface area contributed by atoms with Crippen molar-refractivity contribution in [3.8, 4) is 0 Å². The second kappa shape index (κ2) is 5.64. The van der Waals surface area contributed by atoms with Gasteiger partial charge in [-0.1, -0.05) is 40.0 Å². The van der Waals surface area contributed by atoms with Crippen LogP contribution in [0.5, 0.6) is 0 Å². The maximum atomic E-state index is 3.63. The molecule has 3 unspecified atom stereocenters. The predicted octanol–water partition coefficient (Wildman–Crippen LogP) is 3.20. The Hall–Kier alpha value is -0.0400. The molecule has 1 aliphatic rings. The highest BCUT2D eigenvalue weighted by atomic mass is 14.9. The summed E-state index contributed by atoms with van der Waals surface area (Å²) in [5.74, 6) is 1.89. The molecule has 0 heterocycles. The summed E-state index contributed by atoms with van der Waals surface area (Å²) < 4.78 is 0. The Labute approximate surface area is 83.3 Å². The molecule has 0 bridgehead atoms. The average Bonchev–Trinajstić information content (AvgIpc) is 2.16. The van der Waals surface area contributed by atoms with Crippen molar-refractivity contribution in [2.45, 2.75) is 58.9 Å². The maximum Gasteiger partial charge on any atom is 0.00951 e. The summed E-state index contributed by atoms with van der Waals surface area (Å²) in [5.41, 5.74) is 0. The highest BCUT2D eigenvalue weighted by molar-refractivity contribution is 4.82. The Kier molecular flexibility index (Phi) is 4.79. The molecule has 1 rings (SSSR count). The quantitative estimate of drug-likeness (QED) is 0.706. The van der Waals surface area contributed by atoms with E-state index in [1.165, 1.54) is 32.1 Å². The molecule has 78 valence electrons. The summed E-state index contributed by atoms with van der Waals surface area (Å²) in [7, 11) is 0. The molecule has 1 aliphatic carbocycles. The number of hydrogen-bond donors (Lipinski definition) is 1. The summed E-state index contributed by atoms with van der Waals surface area (Å²) >= 11 is 0. The zero-order chi connectivity index (χ0) is 9.68. The Morgan fingerprint density at radius 3 is 2.46 bits per heavy atom. The van der Waals surface area contributed by atoms with Crippen molar-refractivity contribution in [3.63, 3.8) is 0 Å². The molecule has 0 aromatic heterocycles. The van der Waals surface area contributed by atoms with E-state index in [0.29, 0.717) is 0 Å². The van der Waals surface area contributed by atoms with Gasteiger partial charge in [0, 0.05) is 6.04 Å². The number of hydrogen-bond acceptors (Lipinski definition) is 1. The molecule has 1 heteroatoms. The topological polar surface area (TPSA) is 12.0 Å². The Morgan fingerprint density at radius 1 is 1.23 bits per heavy atom. The third-order valence-corrected chi connectivity index (χ3v) is 3.60. The summed E-state index contributed by atoms with van der Waals surface area (Å²) in [6.45, 7) is 8.09. The van der Waals surface area contributed by atoms with Gasteiger partial charge in [-0.15, -0.1) is 0 Å². The monoisotopic (exact) mass is 183 g/mol. The summed E-state index contributed by atoms with van der Waals surface area (Å²) in [6, 6.07) is 0.778. The molecule has 0 radical (unpaired) electrons.